The fourth-order valence-electron chi connectivity index (χ4n) is 4.58. The van der Waals surface area contributed by atoms with Crippen molar-refractivity contribution in [1.82, 2.24) is 14.9 Å². The highest BCUT2D eigenvalue weighted by atomic mass is 32.1. The second-order valence-corrected chi connectivity index (χ2v) is 9.40. The summed E-state index contributed by atoms with van der Waals surface area (Å²) in [5, 5.41) is 0.741. The van der Waals surface area contributed by atoms with E-state index in [-0.39, 0.29) is 6.10 Å². The van der Waals surface area contributed by atoms with Crippen molar-refractivity contribution in [2.75, 3.05) is 14.1 Å². The van der Waals surface area contributed by atoms with E-state index in [1.54, 1.807) is 0 Å². The van der Waals surface area contributed by atoms with Gasteiger partial charge in [-0.3, -0.25) is 4.79 Å². The molecule has 0 aromatic carbocycles. The summed E-state index contributed by atoms with van der Waals surface area (Å²) in [7, 11) is 4.19. The molecule has 1 atom stereocenters. The number of carbonyl (C=O) groups excluding carboxylic acids is 1. The summed E-state index contributed by atoms with van der Waals surface area (Å²) in [6.45, 7) is 0. The summed E-state index contributed by atoms with van der Waals surface area (Å²) in [6.07, 6.45) is 6.21. The number of thiophene rings is 1. The molecule has 0 spiro atoms. The van der Waals surface area contributed by atoms with Crippen molar-refractivity contribution in [1.29, 1.82) is 0 Å². The first-order chi connectivity index (χ1) is 13.8. The minimum absolute atomic E-state index is 0.0618. The molecule has 1 amide bonds. The summed E-state index contributed by atoms with van der Waals surface area (Å²) < 4.78 is 34.3. The minimum Gasteiger partial charge on any atom is -0.474 e. The van der Waals surface area contributed by atoms with Gasteiger partial charge in [-0.25, -0.2) is 9.97 Å². The Bertz CT molecular complexity index is 909. The van der Waals surface area contributed by atoms with Gasteiger partial charge in [0.05, 0.1) is 5.39 Å². The maximum absolute atomic E-state index is 14.0. The summed E-state index contributed by atoms with van der Waals surface area (Å²) in [5.41, 5.74) is 5.73. The zero-order valence-electron chi connectivity index (χ0n) is 16.7. The Morgan fingerprint density at radius 3 is 2.66 bits per heavy atom. The van der Waals surface area contributed by atoms with Crippen LogP contribution in [0.4, 0.5) is 8.78 Å². The van der Waals surface area contributed by atoms with E-state index in [0.717, 1.165) is 46.3 Å². The van der Waals surface area contributed by atoms with Gasteiger partial charge in [-0.2, -0.15) is 8.78 Å². The standard InChI is InChI=1S/C20H26F2N4O2S/c1-26(2)12-4-6-13(7-5-12)28-17-16-15-11(9-20(21,22)19(23)27)3-8-14(15)29-18(16)25-10-24-17/h10-13H,3-9H2,1-2H3,(H2,23,27)/t11-,12?,13?/m1/s1. The van der Waals surface area contributed by atoms with Crippen LogP contribution in [0, 0.1) is 0 Å². The molecule has 0 aliphatic heterocycles. The predicted molar refractivity (Wildman–Crippen MR) is 108 cm³/mol. The zero-order valence-corrected chi connectivity index (χ0v) is 17.5. The number of halogens is 2. The van der Waals surface area contributed by atoms with Crippen LogP contribution in [-0.4, -0.2) is 52.9 Å². The number of carbonyl (C=O) groups is 1. The smallest absolute Gasteiger partial charge is 0.324 e. The van der Waals surface area contributed by atoms with Crippen molar-refractivity contribution in [2.24, 2.45) is 5.73 Å². The van der Waals surface area contributed by atoms with Crippen molar-refractivity contribution < 1.29 is 18.3 Å². The van der Waals surface area contributed by atoms with E-state index in [1.807, 2.05) is 0 Å². The summed E-state index contributed by atoms with van der Waals surface area (Å²) in [6, 6.07) is 0.561. The van der Waals surface area contributed by atoms with Gasteiger partial charge in [0.1, 0.15) is 17.3 Å². The molecule has 0 bridgehead atoms. The molecular formula is C20H26F2N4O2S. The number of amides is 1. The van der Waals surface area contributed by atoms with Crippen molar-refractivity contribution in [2.45, 2.75) is 68.9 Å². The van der Waals surface area contributed by atoms with Crippen LogP contribution in [0.2, 0.25) is 0 Å². The maximum atomic E-state index is 14.0. The van der Waals surface area contributed by atoms with Gasteiger partial charge >= 0.3 is 5.92 Å². The van der Waals surface area contributed by atoms with Gasteiger partial charge in [0.15, 0.2) is 0 Å². The third-order valence-electron chi connectivity index (χ3n) is 6.21. The first-order valence-corrected chi connectivity index (χ1v) is 10.8. The number of aryl methyl sites for hydroxylation is 1. The lowest BCUT2D eigenvalue weighted by Crippen LogP contribution is -2.36. The van der Waals surface area contributed by atoms with E-state index in [4.69, 9.17) is 10.5 Å². The number of aromatic nitrogens is 2. The molecule has 4 rings (SSSR count). The van der Waals surface area contributed by atoms with Crippen LogP contribution in [0.5, 0.6) is 5.88 Å². The van der Waals surface area contributed by atoms with Gasteiger partial charge in [-0.15, -0.1) is 11.3 Å². The highest BCUT2D eigenvalue weighted by Gasteiger charge is 2.43. The fourth-order valence-corrected chi connectivity index (χ4v) is 5.81. The van der Waals surface area contributed by atoms with E-state index in [9.17, 15) is 13.6 Å². The van der Waals surface area contributed by atoms with Gasteiger partial charge in [0, 0.05) is 17.3 Å². The van der Waals surface area contributed by atoms with Crippen LogP contribution in [0.1, 0.15) is 54.9 Å². The number of nitrogens with two attached hydrogens (primary N) is 1. The molecular weight excluding hydrogens is 398 g/mol. The van der Waals surface area contributed by atoms with Crippen molar-refractivity contribution >= 4 is 27.5 Å². The number of nitrogens with zero attached hydrogens (tertiary/aromatic N) is 3. The van der Waals surface area contributed by atoms with E-state index < -0.39 is 24.2 Å². The summed E-state index contributed by atoms with van der Waals surface area (Å²) in [5.74, 6) is -5.06. The topological polar surface area (TPSA) is 81.3 Å². The summed E-state index contributed by atoms with van der Waals surface area (Å²) in [4.78, 5) is 23.9. The molecule has 2 aliphatic rings. The molecule has 1 fully saturated rings. The van der Waals surface area contributed by atoms with Gasteiger partial charge in [0.25, 0.3) is 5.91 Å². The highest BCUT2D eigenvalue weighted by molar-refractivity contribution is 7.19. The van der Waals surface area contributed by atoms with Crippen molar-refractivity contribution in [3.63, 3.8) is 0 Å². The average Bonchev–Trinajstić information content (AvgIpc) is 3.22. The molecule has 2 heterocycles. The third-order valence-corrected chi connectivity index (χ3v) is 7.38. The number of hydrogen-bond donors (Lipinski definition) is 1. The summed E-state index contributed by atoms with van der Waals surface area (Å²) >= 11 is 1.51. The van der Waals surface area contributed by atoms with E-state index in [0.29, 0.717) is 24.8 Å². The first kappa shape index (κ1) is 20.4. The van der Waals surface area contributed by atoms with Crippen LogP contribution < -0.4 is 10.5 Å². The van der Waals surface area contributed by atoms with Crippen LogP contribution in [0.15, 0.2) is 6.33 Å². The second-order valence-electron chi connectivity index (χ2n) is 8.32. The Morgan fingerprint density at radius 2 is 2.00 bits per heavy atom. The quantitative estimate of drug-likeness (QED) is 0.768. The van der Waals surface area contributed by atoms with E-state index >= 15 is 0 Å². The predicted octanol–water partition coefficient (Wildman–Crippen LogP) is 3.48. The molecule has 158 valence electrons. The minimum atomic E-state index is -3.53. The second kappa shape index (κ2) is 7.75. The SMILES string of the molecule is CN(C)C1CCC(Oc2ncnc3sc4c(c23)[C@@H](CC(F)(F)C(N)=O)CC4)CC1. The van der Waals surface area contributed by atoms with Crippen LogP contribution in [0.25, 0.3) is 10.2 Å². The molecule has 2 aromatic heterocycles. The number of fused-ring (bicyclic) bond motifs is 3. The molecule has 0 unspecified atom stereocenters. The van der Waals surface area contributed by atoms with Gasteiger partial charge in [-0.05, 0) is 64.1 Å². The number of primary amides is 1. The molecule has 29 heavy (non-hydrogen) atoms. The van der Waals surface area contributed by atoms with Gasteiger partial charge < -0.3 is 15.4 Å². The Morgan fingerprint density at radius 1 is 1.28 bits per heavy atom. The maximum Gasteiger partial charge on any atom is 0.324 e. The Balaban J connectivity index is 1.60. The lowest BCUT2D eigenvalue weighted by molar-refractivity contribution is -0.143. The van der Waals surface area contributed by atoms with E-state index in [2.05, 4.69) is 29.0 Å². The van der Waals surface area contributed by atoms with Crippen LogP contribution in [-0.2, 0) is 11.2 Å². The monoisotopic (exact) mass is 424 g/mol. The molecule has 1 saturated carbocycles. The van der Waals surface area contributed by atoms with Crippen molar-refractivity contribution in [3.8, 4) is 5.88 Å². The van der Waals surface area contributed by atoms with E-state index in [1.165, 1.54) is 17.7 Å². The Hall–Kier alpha value is -1.87. The third kappa shape index (κ3) is 3.94. The van der Waals surface area contributed by atoms with Crippen LogP contribution in [0.3, 0.4) is 0 Å². The van der Waals surface area contributed by atoms with Crippen molar-refractivity contribution in [3.05, 3.63) is 16.8 Å². The average molecular weight is 425 g/mol. The molecule has 2 aromatic rings. The number of rotatable bonds is 6. The molecule has 0 radical (unpaired) electrons. The van der Waals surface area contributed by atoms with Gasteiger partial charge in [-0.1, -0.05) is 0 Å². The fraction of sp³-hybridized carbons (Fsp3) is 0.650. The Kier molecular flexibility index (Phi) is 5.46. The largest absolute Gasteiger partial charge is 0.474 e. The Labute approximate surface area is 172 Å². The zero-order chi connectivity index (χ0) is 20.8. The number of alkyl halides is 2. The molecule has 2 N–H and O–H groups in total. The van der Waals surface area contributed by atoms with Crippen LogP contribution >= 0.6 is 11.3 Å². The molecule has 9 heteroatoms. The molecule has 6 nitrogen and oxygen atoms in total. The lowest BCUT2D eigenvalue weighted by atomic mass is 9.92. The number of hydrogen-bond acceptors (Lipinski definition) is 6. The molecule has 0 saturated heterocycles. The normalized spacial score (nSPS) is 24.8. The molecule has 2 aliphatic carbocycles. The van der Waals surface area contributed by atoms with Gasteiger partial charge in [0.2, 0.25) is 5.88 Å². The first-order valence-electron chi connectivity index (χ1n) is 10.0. The lowest BCUT2D eigenvalue weighted by Gasteiger charge is -2.32. The number of ether oxygens (including phenoxy) is 1. The highest BCUT2D eigenvalue weighted by Crippen LogP contribution is 2.49.